The van der Waals surface area contributed by atoms with Crippen molar-refractivity contribution in [2.24, 2.45) is 0 Å². The second kappa shape index (κ2) is 12.4. The minimum absolute atomic E-state index is 0.916. The van der Waals surface area contributed by atoms with Crippen molar-refractivity contribution in [1.82, 2.24) is 0 Å². The van der Waals surface area contributed by atoms with Gasteiger partial charge in [0.25, 0.3) is 0 Å². The molecule has 9 aromatic carbocycles. The topological polar surface area (TPSA) is 16.4 Å². The van der Waals surface area contributed by atoms with Crippen molar-refractivity contribution in [3.63, 3.8) is 0 Å². The van der Waals surface area contributed by atoms with Crippen LogP contribution in [0.5, 0.6) is 0 Å². The highest BCUT2D eigenvalue weighted by molar-refractivity contribution is 6.15. The van der Waals surface area contributed by atoms with E-state index in [9.17, 15) is 0 Å². The van der Waals surface area contributed by atoms with Crippen molar-refractivity contribution in [3.8, 4) is 22.3 Å². The molecule has 0 unspecified atom stereocenters. The molecule has 1 aliphatic carbocycles. The second-order valence-corrected chi connectivity index (χ2v) is 14.3. The van der Waals surface area contributed by atoms with Crippen LogP contribution in [0.2, 0.25) is 0 Å². The summed E-state index contributed by atoms with van der Waals surface area (Å²) >= 11 is 0. The largest absolute Gasteiger partial charge is 0.460 e. The van der Waals surface area contributed by atoms with Gasteiger partial charge in [-0.3, -0.25) is 0 Å². The van der Waals surface area contributed by atoms with E-state index in [4.69, 9.17) is 4.42 Å². The number of nitrogens with zero attached hydrogens (tertiary/aromatic N) is 1. The molecule has 254 valence electrons. The number of rotatable bonds is 5. The normalized spacial score (nSPS) is 12.6. The van der Waals surface area contributed by atoms with Gasteiger partial charge in [-0.2, -0.15) is 0 Å². The van der Waals surface area contributed by atoms with Gasteiger partial charge in [0.2, 0.25) is 0 Å². The summed E-state index contributed by atoms with van der Waals surface area (Å²) in [6.45, 7) is 0. The molecule has 1 heterocycles. The lowest BCUT2D eigenvalue weighted by molar-refractivity contribution is 0.546. The van der Waals surface area contributed by atoms with E-state index in [-0.39, 0.29) is 0 Å². The Morgan fingerprint density at radius 3 is 1.72 bits per heavy atom. The number of fused-ring (bicyclic) bond motifs is 9. The summed E-state index contributed by atoms with van der Waals surface area (Å²) < 4.78 is 6.51. The highest BCUT2D eigenvalue weighted by atomic mass is 16.3. The molecule has 0 bridgehead atoms. The number of allylic oxidation sites excluding steroid dienone is 1. The predicted molar refractivity (Wildman–Crippen MR) is 229 cm³/mol. The first kappa shape index (κ1) is 30.7. The first-order valence-corrected chi connectivity index (χ1v) is 18.8. The summed E-state index contributed by atoms with van der Waals surface area (Å²) in [5.41, 5.74) is 10.2. The fourth-order valence-corrected chi connectivity index (χ4v) is 8.78. The summed E-state index contributed by atoms with van der Waals surface area (Å²) in [6.07, 6.45) is 6.43. The van der Waals surface area contributed by atoms with Crippen molar-refractivity contribution in [2.45, 2.75) is 12.8 Å². The van der Waals surface area contributed by atoms with Crippen LogP contribution in [0.25, 0.3) is 82.4 Å². The molecule has 1 aromatic heterocycles. The maximum Gasteiger partial charge on any atom is 0.137 e. The Hall–Kier alpha value is -6.90. The number of anilines is 3. The first-order valence-electron chi connectivity index (χ1n) is 18.8. The van der Waals surface area contributed by atoms with Crippen molar-refractivity contribution in [1.29, 1.82) is 0 Å². The van der Waals surface area contributed by atoms with Gasteiger partial charge in [-0.1, -0.05) is 140 Å². The highest BCUT2D eigenvalue weighted by Crippen LogP contribution is 2.46. The molecule has 0 fully saturated rings. The third-order valence-corrected chi connectivity index (χ3v) is 11.3. The van der Waals surface area contributed by atoms with E-state index in [1.807, 2.05) is 0 Å². The smallest absolute Gasteiger partial charge is 0.137 e. The maximum atomic E-state index is 6.51. The van der Waals surface area contributed by atoms with Crippen LogP contribution >= 0.6 is 0 Å². The molecule has 2 heteroatoms. The molecule has 10 aromatic rings. The van der Waals surface area contributed by atoms with Gasteiger partial charge in [0.1, 0.15) is 11.3 Å². The van der Waals surface area contributed by atoms with Crippen molar-refractivity contribution in [3.05, 3.63) is 193 Å². The minimum Gasteiger partial charge on any atom is -0.460 e. The predicted octanol–water partition coefficient (Wildman–Crippen LogP) is 14.8. The van der Waals surface area contributed by atoms with Gasteiger partial charge in [0.05, 0.1) is 11.1 Å². The quantitative estimate of drug-likeness (QED) is 0.167. The van der Waals surface area contributed by atoms with Crippen LogP contribution in [-0.4, -0.2) is 0 Å². The van der Waals surface area contributed by atoms with Crippen LogP contribution in [0.3, 0.4) is 0 Å². The molecule has 2 nitrogen and oxygen atoms in total. The standard InChI is InChI=1S/C52H35NO/c1-3-17-40-36(13-1)32-47(44-21-7-5-19-42(40)44)34-27-29-38(30-28-34)53(49-24-12-26-51-52(49)46-23-9-10-25-50(46)54-51)39-16-11-15-35(31-39)48-33-37-14-2-4-18-41(37)43-20-6-8-22-45(43)48/h1-9,11-24,26-33H,10,25H2. The summed E-state index contributed by atoms with van der Waals surface area (Å²) in [6, 6.07) is 64.2. The number of hydrogen-bond acceptors (Lipinski definition) is 2. The average molecular weight is 690 g/mol. The minimum atomic E-state index is 0.916. The average Bonchev–Trinajstić information content (AvgIpc) is 3.63. The molecule has 0 N–H and O–H groups in total. The van der Waals surface area contributed by atoms with Gasteiger partial charge >= 0.3 is 0 Å². The van der Waals surface area contributed by atoms with Crippen LogP contribution in [0, 0.1) is 0 Å². The Labute approximate surface area is 313 Å². The van der Waals surface area contributed by atoms with Crippen molar-refractivity contribution < 1.29 is 4.42 Å². The lowest BCUT2D eigenvalue weighted by Crippen LogP contribution is -2.10. The number of benzene rings is 9. The van der Waals surface area contributed by atoms with Gasteiger partial charge in [-0.25, -0.2) is 0 Å². The molecule has 0 saturated carbocycles. The molecule has 0 atom stereocenters. The Kier molecular flexibility index (Phi) is 7.03. The van der Waals surface area contributed by atoms with E-state index in [2.05, 4.69) is 193 Å². The number of hydrogen-bond donors (Lipinski definition) is 0. The molecule has 0 radical (unpaired) electrons. The van der Waals surface area contributed by atoms with E-state index in [0.717, 1.165) is 46.6 Å². The summed E-state index contributed by atoms with van der Waals surface area (Å²) in [5.74, 6) is 1.06. The third-order valence-electron chi connectivity index (χ3n) is 11.3. The molecule has 0 aliphatic heterocycles. The molecule has 0 amide bonds. The molecular formula is C52H35NO. The molecule has 0 saturated heterocycles. The first-order chi connectivity index (χ1) is 26.8. The highest BCUT2D eigenvalue weighted by Gasteiger charge is 2.23. The van der Waals surface area contributed by atoms with Crippen LogP contribution in [0.1, 0.15) is 17.7 Å². The molecule has 54 heavy (non-hydrogen) atoms. The van der Waals surface area contributed by atoms with E-state index in [1.165, 1.54) is 70.9 Å². The fraction of sp³-hybridized carbons (Fsp3) is 0.0385. The molecule has 0 spiro atoms. The van der Waals surface area contributed by atoms with Crippen LogP contribution in [0.4, 0.5) is 17.1 Å². The van der Waals surface area contributed by atoms with Crippen molar-refractivity contribution >= 4 is 77.2 Å². The summed E-state index contributed by atoms with van der Waals surface area (Å²) in [4.78, 5) is 2.41. The van der Waals surface area contributed by atoms with E-state index < -0.39 is 0 Å². The Morgan fingerprint density at radius 2 is 1.04 bits per heavy atom. The van der Waals surface area contributed by atoms with E-state index >= 15 is 0 Å². The van der Waals surface area contributed by atoms with Gasteiger partial charge in [0.15, 0.2) is 0 Å². The van der Waals surface area contributed by atoms with Gasteiger partial charge in [-0.05, 0) is 120 Å². The SMILES string of the molecule is C1=Cc2c(oc3cccc(N(c4ccc(-c5cc6ccccc6c6ccccc56)cc4)c4cccc(-c5cc6ccccc6c6ccccc56)c4)c23)CC1. The molecular weight excluding hydrogens is 655 g/mol. The number of aryl methyl sites for hydroxylation is 1. The second-order valence-electron chi connectivity index (χ2n) is 14.3. The van der Waals surface area contributed by atoms with Crippen LogP contribution in [0.15, 0.2) is 186 Å². The van der Waals surface area contributed by atoms with E-state index in [0.29, 0.717) is 0 Å². The lowest BCUT2D eigenvalue weighted by Gasteiger charge is -2.27. The Balaban J connectivity index is 1.11. The Morgan fingerprint density at radius 1 is 0.444 bits per heavy atom. The zero-order chi connectivity index (χ0) is 35.6. The summed E-state index contributed by atoms with van der Waals surface area (Å²) in [7, 11) is 0. The third kappa shape index (κ3) is 4.88. The fourth-order valence-electron chi connectivity index (χ4n) is 8.78. The molecule has 11 rings (SSSR count). The van der Waals surface area contributed by atoms with Gasteiger partial charge < -0.3 is 9.32 Å². The van der Waals surface area contributed by atoms with E-state index in [1.54, 1.807) is 0 Å². The zero-order valence-corrected chi connectivity index (χ0v) is 29.7. The number of furan rings is 1. The summed E-state index contributed by atoms with van der Waals surface area (Å²) in [5, 5.41) is 11.3. The maximum absolute atomic E-state index is 6.51. The van der Waals surface area contributed by atoms with Crippen molar-refractivity contribution in [2.75, 3.05) is 4.90 Å². The van der Waals surface area contributed by atoms with Crippen LogP contribution in [-0.2, 0) is 6.42 Å². The van der Waals surface area contributed by atoms with Gasteiger partial charge in [-0.15, -0.1) is 0 Å². The zero-order valence-electron chi connectivity index (χ0n) is 29.7. The van der Waals surface area contributed by atoms with Gasteiger partial charge in [0, 0.05) is 23.4 Å². The lowest BCUT2D eigenvalue weighted by atomic mass is 9.92. The van der Waals surface area contributed by atoms with Crippen LogP contribution < -0.4 is 4.90 Å². The Bertz CT molecular complexity index is 3110. The molecule has 1 aliphatic rings. The monoisotopic (exact) mass is 689 g/mol.